The highest BCUT2D eigenvalue weighted by Crippen LogP contribution is 2.37. The van der Waals surface area contributed by atoms with Crippen molar-refractivity contribution in [3.63, 3.8) is 0 Å². The molecule has 0 radical (unpaired) electrons. The Labute approximate surface area is 96.1 Å². The molecule has 3 heteroatoms. The van der Waals surface area contributed by atoms with E-state index in [0.29, 0.717) is 5.56 Å². The number of carbonyl (C=O) groups is 1. The van der Waals surface area contributed by atoms with Crippen molar-refractivity contribution < 1.29 is 14.6 Å². The summed E-state index contributed by atoms with van der Waals surface area (Å²) in [5.74, 6) is 1.00. The summed E-state index contributed by atoms with van der Waals surface area (Å²) in [4.78, 5) is 11.2. The normalized spacial score (nSPS) is 10.3. The number of benzene rings is 1. The van der Waals surface area contributed by atoms with Crippen LogP contribution < -0.4 is 4.74 Å². The highest BCUT2D eigenvalue weighted by atomic mass is 16.5. The van der Waals surface area contributed by atoms with Crippen LogP contribution in [0.3, 0.4) is 0 Å². The quantitative estimate of drug-likeness (QED) is 0.854. The Morgan fingerprint density at radius 1 is 1.19 bits per heavy atom. The molecule has 0 bridgehead atoms. The molecule has 0 aliphatic heterocycles. The third-order valence-corrected chi connectivity index (χ3v) is 2.97. The summed E-state index contributed by atoms with van der Waals surface area (Å²) < 4.78 is 5.31. The first kappa shape index (κ1) is 12.6. The zero-order chi connectivity index (χ0) is 12.5. The maximum atomic E-state index is 11.2. The molecule has 0 aliphatic carbocycles. The minimum Gasteiger partial charge on any atom is -0.507 e. The zero-order valence-corrected chi connectivity index (χ0v) is 10.5. The summed E-state index contributed by atoms with van der Waals surface area (Å²) in [5.41, 5.74) is 3.22. The van der Waals surface area contributed by atoms with Crippen LogP contribution in [0.25, 0.3) is 0 Å². The van der Waals surface area contributed by atoms with Crippen molar-refractivity contribution in [2.75, 3.05) is 7.11 Å². The number of rotatable bonds is 3. The van der Waals surface area contributed by atoms with Crippen molar-refractivity contribution in [1.29, 1.82) is 0 Å². The van der Waals surface area contributed by atoms with Gasteiger partial charge in [0.05, 0.1) is 7.11 Å². The van der Waals surface area contributed by atoms with Crippen LogP contribution >= 0.6 is 0 Å². The van der Waals surface area contributed by atoms with Crippen LogP contribution in [0.1, 0.15) is 29.2 Å². The van der Waals surface area contributed by atoms with Gasteiger partial charge in [-0.05, 0) is 44.4 Å². The maximum absolute atomic E-state index is 11.2. The number of methoxy groups -OCH3 is 1. The van der Waals surface area contributed by atoms with E-state index in [2.05, 4.69) is 0 Å². The number of aromatic hydroxyl groups is 1. The van der Waals surface area contributed by atoms with E-state index in [4.69, 9.17) is 4.74 Å². The van der Waals surface area contributed by atoms with Crippen LogP contribution in [0.15, 0.2) is 0 Å². The fourth-order valence-electron chi connectivity index (χ4n) is 1.94. The molecule has 0 heterocycles. The first-order chi connectivity index (χ1) is 7.40. The molecule has 1 N–H and O–H groups in total. The minimum absolute atomic E-state index is 0.0312. The lowest BCUT2D eigenvalue weighted by atomic mass is 9.94. The lowest BCUT2D eigenvalue weighted by Crippen LogP contribution is -2.04. The summed E-state index contributed by atoms with van der Waals surface area (Å²) in [6.07, 6.45) is 0.245. The lowest BCUT2D eigenvalue weighted by Gasteiger charge is -2.17. The maximum Gasteiger partial charge on any atom is 0.134 e. The lowest BCUT2D eigenvalue weighted by molar-refractivity contribution is -0.116. The van der Waals surface area contributed by atoms with Crippen LogP contribution in [0.2, 0.25) is 0 Å². The Hall–Kier alpha value is -1.51. The topological polar surface area (TPSA) is 46.5 Å². The van der Waals surface area contributed by atoms with E-state index in [1.54, 1.807) is 7.11 Å². The molecular weight excluding hydrogens is 204 g/mol. The number of hydrogen-bond donors (Lipinski definition) is 1. The molecule has 1 aromatic carbocycles. The second-order valence-electron chi connectivity index (χ2n) is 4.11. The summed E-state index contributed by atoms with van der Waals surface area (Å²) >= 11 is 0. The molecular formula is C13H18O3. The summed E-state index contributed by atoms with van der Waals surface area (Å²) in [5, 5.41) is 10.0. The number of ketones is 1. The van der Waals surface area contributed by atoms with Crippen LogP contribution in [-0.2, 0) is 11.2 Å². The van der Waals surface area contributed by atoms with Crippen molar-refractivity contribution in [3.8, 4) is 11.5 Å². The molecule has 3 nitrogen and oxygen atoms in total. The van der Waals surface area contributed by atoms with Gasteiger partial charge in [-0.15, -0.1) is 0 Å². The minimum atomic E-state index is 0.0312. The van der Waals surface area contributed by atoms with E-state index in [-0.39, 0.29) is 18.0 Å². The number of carbonyl (C=O) groups excluding carboxylic acids is 1. The van der Waals surface area contributed by atoms with E-state index < -0.39 is 0 Å². The highest BCUT2D eigenvalue weighted by molar-refractivity contribution is 5.80. The average Bonchev–Trinajstić information content (AvgIpc) is 2.22. The fraction of sp³-hybridized carbons (Fsp3) is 0.462. The van der Waals surface area contributed by atoms with Gasteiger partial charge >= 0.3 is 0 Å². The third kappa shape index (κ3) is 2.03. The van der Waals surface area contributed by atoms with Gasteiger partial charge in [0.1, 0.15) is 17.3 Å². The molecule has 0 spiro atoms. The van der Waals surface area contributed by atoms with E-state index in [9.17, 15) is 9.90 Å². The molecule has 88 valence electrons. The molecule has 0 amide bonds. The van der Waals surface area contributed by atoms with E-state index in [0.717, 1.165) is 22.4 Å². The van der Waals surface area contributed by atoms with Crippen molar-refractivity contribution in [2.45, 2.75) is 34.1 Å². The average molecular weight is 222 g/mol. The van der Waals surface area contributed by atoms with Crippen molar-refractivity contribution in [3.05, 3.63) is 22.3 Å². The monoisotopic (exact) mass is 222 g/mol. The van der Waals surface area contributed by atoms with E-state index in [1.165, 1.54) is 6.92 Å². The van der Waals surface area contributed by atoms with Gasteiger partial charge in [-0.25, -0.2) is 0 Å². The van der Waals surface area contributed by atoms with Crippen molar-refractivity contribution in [2.24, 2.45) is 0 Å². The Kier molecular flexibility index (Phi) is 3.58. The first-order valence-corrected chi connectivity index (χ1v) is 5.25. The molecule has 0 fully saturated rings. The van der Waals surface area contributed by atoms with Crippen LogP contribution in [0.4, 0.5) is 0 Å². The molecule has 0 unspecified atom stereocenters. The van der Waals surface area contributed by atoms with Crippen LogP contribution in [0, 0.1) is 20.8 Å². The molecule has 0 saturated heterocycles. The summed E-state index contributed by atoms with van der Waals surface area (Å²) in [7, 11) is 1.60. The van der Waals surface area contributed by atoms with Gasteiger partial charge in [0.25, 0.3) is 0 Å². The first-order valence-electron chi connectivity index (χ1n) is 5.25. The molecule has 1 rings (SSSR count). The molecule has 0 saturated carbocycles. The zero-order valence-electron chi connectivity index (χ0n) is 10.5. The van der Waals surface area contributed by atoms with E-state index in [1.807, 2.05) is 20.8 Å². The molecule has 0 atom stereocenters. The standard InChI is InChI=1S/C13H18O3/c1-7(14)6-11-10(4)13(16-5)9(3)8(2)12(11)15/h15H,6H2,1-5H3. The van der Waals surface area contributed by atoms with Gasteiger partial charge in [0.15, 0.2) is 0 Å². The Morgan fingerprint density at radius 2 is 1.75 bits per heavy atom. The SMILES string of the molecule is COc1c(C)c(C)c(O)c(CC(C)=O)c1C. The smallest absolute Gasteiger partial charge is 0.134 e. The predicted octanol–water partition coefficient (Wildman–Crippen LogP) is 2.46. The van der Waals surface area contributed by atoms with Gasteiger partial charge in [0, 0.05) is 12.0 Å². The fourth-order valence-corrected chi connectivity index (χ4v) is 1.94. The van der Waals surface area contributed by atoms with Crippen molar-refractivity contribution >= 4 is 5.78 Å². The van der Waals surface area contributed by atoms with Gasteiger partial charge in [-0.2, -0.15) is 0 Å². The van der Waals surface area contributed by atoms with Crippen LogP contribution in [-0.4, -0.2) is 18.0 Å². The predicted molar refractivity (Wildman–Crippen MR) is 63.3 cm³/mol. The molecule has 0 aromatic heterocycles. The second kappa shape index (κ2) is 4.56. The number of hydrogen-bond acceptors (Lipinski definition) is 3. The summed E-state index contributed by atoms with van der Waals surface area (Å²) in [6, 6.07) is 0. The summed E-state index contributed by atoms with van der Waals surface area (Å²) in [6.45, 7) is 7.11. The van der Waals surface area contributed by atoms with Gasteiger partial charge in [-0.1, -0.05) is 0 Å². The molecule has 0 aliphatic rings. The number of ether oxygens (including phenoxy) is 1. The third-order valence-electron chi connectivity index (χ3n) is 2.97. The Morgan fingerprint density at radius 3 is 2.19 bits per heavy atom. The molecule has 1 aromatic rings. The largest absolute Gasteiger partial charge is 0.507 e. The Bertz CT molecular complexity index is 434. The number of phenols is 1. The van der Waals surface area contributed by atoms with Crippen LogP contribution in [0.5, 0.6) is 11.5 Å². The highest BCUT2D eigenvalue weighted by Gasteiger charge is 2.18. The number of phenolic OH excluding ortho intramolecular Hbond substituents is 1. The van der Waals surface area contributed by atoms with E-state index >= 15 is 0 Å². The van der Waals surface area contributed by atoms with Gasteiger partial charge in [0.2, 0.25) is 0 Å². The Balaban J connectivity index is 3.48. The second-order valence-corrected chi connectivity index (χ2v) is 4.11. The van der Waals surface area contributed by atoms with Gasteiger partial charge < -0.3 is 9.84 Å². The number of Topliss-reactive ketones (excluding diaryl/α,β-unsaturated/α-hetero) is 1. The molecule has 16 heavy (non-hydrogen) atoms. The van der Waals surface area contributed by atoms with Crippen molar-refractivity contribution in [1.82, 2.24) is 0 Å². The van der Waals surface area contributed by atoms with Gasteiger partial charge in [-0.3, -0.25) is 4.79 Å².